The van der Waals surface area contributed by atoms with Gasteiger partial charge in [-0.3, -0.25) is 9.59 Å². The van der Waals surface area contributed by atoms with Crippen molar-refractivity contribution >= 4 is 27.9 Å². The van der Waals surface area contributed by atoms with Crippen LogP contribution in [0.2, 0.25) is 0 Å². The van der Waals surface area contributed by atoms with Crippen LogP contribution < -0.4 is 5.43 Å². The predicted octanol–water partition coefficient (Wildman–Crippen LogP) is 6.51. The first-order valence-corrected chi connectivity index (χ1v) is 9.26. The highest BCUT2D eigenvalue weighted by Crippen LogP contribution is 2.17. The third-order valence-electron chi connectivity index (χ3n) is 2.79. The number of carboxylic acid groups (broad SMARTS) is 1. The minimum Gasteiger partial charge on any atom is -0.481 e. The molecule has 0 saturated carbocycles. The fourth-order valence-electron chi connectivity index (χ4n) is 1.75. The van der Waals surface area contributed by atoms with E-state index in [4.69, 9.17) is 9.52 Å². The molecular weight excluding hydrogens is 328 g/mol. The SMILES string of the molecule is CC.CC.CC.CCC(=O)O.O=c1c2ccccc2oc2ccccc12. The Bertz CT molecular complexity index is 747. The first-order chi connectivity index (χ1) is 12.6. The highest BCUT2D eigenvalue weighted by molar-refractivity contribution is 5.89. The van der Waals surface area contributed by atoms with E-state index in [9.17, 15) is 9.59 Å². The lowest BCUT2D eigenvalue weighted by Crippen LogP contribution is -2.01. The zero-order valence-corrected chi connectivity index (χ0v) is 17.0. The molecule has 1 heterocycles. The molecule has 1 N–H and O–H groups in total. The molecule has 0 fully saturated rings. The normalized spacial score (nSPS) is 8.42. The zero-order chi connectivity index (χ0) is 20.5. The van der Waals surface area contributed by atoms with Gasteiger partial charge in [0.1, 0.15) is 11.2 Å². The number of carbonyl (C=O) groups is 1. The van der Waals surface area contributed by atoms with Crippen LogP contribution in [0.4, 0.5) is 0 Å². The summed E-state index contributed by atoms with van der Waals surface area (Å²) in [6.07, 6.45) is 0.222. The third-order valence-corrected chi connectivity index (χ3v) is 2.79. The maximum absolute atomic E-state index is 12.0. The van der Waals surface area contributed by atoms with Crippen molar-refractivity contribution in [2.45, 2.75) is 54.9 Å². The molecule has 0 aliphatic rings. The van der Waals surface area contributed by atoms with Crippen LogP contribution in [-0.4, -0.2) is 11.1 Å². The molecule has 0 aliphatic carbocycles. The van der Waals surface area contributed by atoms with E-state index in [0.29, 0.717) is 21.9 Å². The van der Waals surface area contributed by atoms with Crippen molar-refractivity contribution in [2.75, 3.05) is 0 Å². The van der Waals surface area contributed by atoms with Gasteiger partial charge in [0, 0.05) is 6.42 Å². The highest BCUT2D eigenvalue weighted by atomic mass is 16.4. The van der Waals surface area contributed by atoms with E-state index in [1.807, 2.05) is 77.9 Å². The van der Waals surface area contributed by atoms with Gasteiger partial charge in [-0.1, -0.05) is 72.7 Å². The summed E-state index contributed by atoms with van der Waals surface area (Å²) in [7, 11) is 0. The first-order valence-electron chi connectivity index (χ1n) is 9.26. The summed E-state index contributed by atoms with van der Waals surface area (Å²) in [6.45, 7) is 13.6. The number of hydrogen-bond donors (Lipinski definition) is 1. The van der Waals surface area contributed by atoms with Crippen molar-refractivity contribution in [3.05, 3.63) is 58.8 Å². The summed E-state index contributed by atoms with van der Waals surface area (Å²) in [5.74, 6) is -0.745. The van der Waals surface area contributed by atoms with Gasteiger partial charge in [-0.25, -0.2) is 0 Å². The third kappa shape index (κ3) is 7.97. The molecule has 4 nitrogen and oxygen atoms in total. The molecule has 0 spiro atoms. The van der Waals surface area contributed by atoms with Gasteiger partial charge in [0.25, 0.3) is 0 Å². The Balaban J connectivity index is 0. The average molecular weight is 360 g/mol. The quantitative estimate of drug-likeness (QED) is 0.503. The summed E-state index contributed by atoms with van der Waals surface area (Å²) in [5.41, 5.74) is 1.31. The second-order valence-electron chi connectivity index (χ2n) is 4.17. The Labute approximate surface area is 156 Å². The number of carboxylic acids is 1. The predicted molar refractivity (Wildman–Crippen MR) is 112 cm³/mol. The Hall–Kier alpha value is -2.62. The number of para-hydroxylation sites is 2. The van der Waals surface area contributed by atoms with Gasteiger partial charge in [0.15, 0.2) is 0 Å². The van der Waals surface area contributed by atoms with E-state index < -0.39 is 5.97 Å². The van der Waals surface area contributed by atoms with Crippen molar-refractivity contribution in [3.8, 4) is 0 Å². The van der Waals surface area contributed by atoms with Crippen molar-refractivity contribution in [1.82, 2.24) is 0 Å². The lowest BCUT2D eigenvalue weighted by molar-refractivity contribution is -0.136. The van der Waals surface area contributed by atoms with E-state index in [-0.39, 0.29) is 11.8 Å². The number of fused-ring (bicyclic) bond motifs is 2. The standard InChI is InChI=1S/C13H8O2.C3H6O2.3C2H6/c14-13-9-5-1-3-7-11(9)15-12-8-4-2-6-10(12)13;1-2-3(4)5;3*1-2/h1-8H;2H2,1H3,(H,4,5);3*1-2H3. The minimum absolute atomic E-state index is 0.0347. The fourth-order valence-corrected chi connectivity index (χ4v) is 1.75. The van der Waals surface area contributed by atoms with E-state index in [0.717, 1.165) is 0 Å². The van der Waals surface area contributed by atoms with Crippen molar-refractivity contribution < 1.29 is 14.3 Å². The second-order valence-corrected chi connectivity index (χ2v) is 4.17. The van der Waals surface area contributed by atoms with Crippen molar-refractivity contribution in [2.24, 2.45) is 0 Å². The lowest BCUT2D eigenvalue weighted by Gasteiger charge is -1.99. The Morgan fingerprint density at radius 1 is 0.808 bits per heavy atom. The van der Waals surface area contributed by atoms with E-state index in [1.165, 1.54) is 0 Å². The molecule has 2 aromatic carbocycles. The van der Waals surface area contributed by atoms with Crippen LogP contribution in [0.3, 0.4) is 0 Å². The summed E-state index contributed by atoms with van der Waals surface area (Å²) in [4.78, 5) is 21.4. The molecule has 26 heavy (non-hydrogen) atoms. The molecule has 0 saturated heterocycles. The van der Waals surface area contributed by atoms with Crippen molar-refractivity contribution in [1.29, 1.82) is 0 Å². The van der Waals surface area contributed by atoms with Crippen molar-refractivity contribution in [3.63, 3.8) is 0 Å². The summed E-state index contributed by atoms with van der Waals surface area (Å²) in [5, 5.41) is 8.99. The summed E-state index contributed by atoms with van der Waals surface area (Å²) >= 11 is 0. The molecule has 3 aromatic rings. The molecule has 0 atom stereocenters. The topological polar surface area (TPSA) is 67.5 Å². The maximum atomic E-state index is 12.0. The van der Waals surface area contributed by atoms with E-state index in [2.05, 4.69) is 0 Å². The Kier molecular flexibility index (Phi) is 15.6. The van der Waals surface area contributed by atoms with Gasteiger partial charge in [-0.05, 0) is 24.3 Å². The largest absolute Gasteiger partial charge is 0.481 e. The fraction of sp³-hybridized carbons (Fsp3) is 0.364. The van der Waals surface area contributed by atoms with Crippen LogP contribution in [0, 0.1) is 0 Å². The maximum Gasteiger partial charge on any atom is 0.303 e. The number of benzene rings is 2. The lowest BCUT2D eigenvalue weighted by atomic mass is 10.1. The molecule has 0 aliphatic heterocycles. The Morgan fingerprint density at radius 2 is 1.12 bits per heavy atom. The Morgan fingerprint density at radius 3 is 1.42 bits per heavy atom. The van der Waals surface area contributed by atoms with Crippen LogP contribution in [0.15, 0.2) is 57.7 Å². The van der Waals surface area contributed by atoms with E-state index in [1.54, 1.807) is 19.1 Å². The van der Waals surface area contributed by atoms with Crippen LogP contribution in [0.25, 0.3) is 21.9 Å². The summed E-state index contributed by atoms with van der Waals surface area (Å²) < 4.78 is 5.63. The van der Waals surface area contributed by atoms with Crippen LogP contribution in [-0.2, 0) is 4.79 Å². The average Bonchev–Trinajstić information content (AvgIpc) is 2.73. The first kappa shape index (κ1) is 25.6. The molecule has 3 rings (SSSR count). The van der Waals surface area contributed by atoms with Gasteiger partial charge >= 0.3 is 5.97 Å². The van der Waals surface area contributed by atoms with Gasteiger partial charge in [0.05, 0.1) is 10.8 Å². The number of aliphatic carboxylic acids is 1. The van der Waals surface area contributed by atoms with Crippen LogP contribution in [0.1, 0.15) is 54.9 Å². The number of hydrogen-bond acceptors (Lipinski definition) is 3. The molecule has 144 valence electrons. The van der Waals surface area contributed by atoms with Crippen LogP contribution in [0.5, 0.6) is 0 Å². The van der Waals surface area contributed by atoms with Gasteiger partial charge in [-0.15, -0.1) is 0 Å². The smallest absolute Gasteiger partial charge is 0.303 e. The molecule has 1 aromatic heterocycles. The number of rotatable bonds is 1. The molecule has 0 radical (unpaired) electrons. The van der Waals surface area contributed by atoms with Gasteiger partial charge < -0.3 is 9.52 Å². The second kappa shape index (κ2) is 15.9. The van der Waals surface area contributed by atoms with Crippen LogP contribution >= 0.6 is 0 Å². The minimum atomic E-state index is -0.745. The van der Waals surface area contributed by atoms with Gasteiger partial charge in [-0.2, -0.15) is 0 Å². The molecule has 0 amide bonds. The molecular formula is C22H32O4. The summed E-state index contributed by atoms with van der Waals surface area (Å²) in [6, 6.07) is 14.6. The molecule has 4 heteroatoms. The molecule has 0 unspecified atom stereocenters. The van der Waals surface area contributed by atoms with Gasteiger partial charge in [0.2, 0.25) is 5.43 Å². The van der Waals surface area contributed by atoms with E-state index >= 15 is 0 Å². The zero-order valence-electron chi connectivity index (χ0n) is 17.0. The highest BCUT2D eigenvalue weighted by Gasteiger charge is 2.04. The molecule has 0 bridgehead atoms. The monoisotopic (exact) mass is 360 g/mol.